The largest absolute Gasteiger partial charge is 0.325 e. The number of carbonyl (C=O) groups is 1. The van der Waals surface area contributed by atoms with Gasteiger partial charge in [0.2, 0.25) is 5.91 Å². The predicted octanol–water partition coefficient (Wildman–Crippen LogP) is 2.23. The molecule has 2 atom stereocenters. The van der Waals surface area contributed by atoms with Crippen LogP contribution in [0.5, 0.6) is 0 Å². The standard InChI is InChI=1S/C15H19N3O/c1-11-7-8-18(10-11)12(2)15(19)17-14-5-3-13(9-16)4-6-14/h3-6,11-12H,7-8,10H2,1-2H3,(H,17,19). The Kier molecular flexibility index (Phi) is 4.18. The van der Waals surface area contributed by atoms with E-state index in [1.54, 1.807) is 24.3 Å². The van der Waals surface area contributed by atoms with E-state index in [4.69, 9.17) is 5.26 Å². The number of amides is 1. The molecule has 1 aromatic rings. The lowest BCUT2D eigenvalue weighted by molar-refractivity contribution is -0.120. The summed E-state index contributed by atoms with van der Waals surface area (Å²) in [6.45, 7) is 6.13. The summed E-state index contributed by atoms with van der Waals surface area (Å²) in [6, 6.07) is 8.88. The molecule has 1 aliphatic rings. The molecule has 0 radical (unpaired) electrons. The van der Waals surface area contributed by atoms with Crippen molar-refractivity contribution in [3.05, 3.63) is 29.8 Å². The minimum atomic E-state index is -0.111. The number of hydrogen-bond donors (Lipinski definition) is 1. The minimum Gasteiger partial charge on any atom is -0.325 e. The van der Waals surface area contributed by atoms with Crippen LogP contribution in [0.1, 0.15) is 25.8 Å². The number of benzene rings is 1. The highest BCUT2D eigenvalue weighted by molar-refractivity contribution is 5.94. The van der Waals surface area contributed by atoms with E-state index in [1.807, 2.05) is 6.92 Å². The Balaban J connectivity index is 1.94. The number of nitriles is 1. The molecular formula is C15H19N3O. The van der Waals surface area contributed by atoms with Gasteiger partial charge in [0.25, 0.3) is 0 Å². The molecule has 1 aliphatic heterocycles. The van der Waals surface area contributed by atoms with Crippen molar-refractivity contribution >= 4 is 11.6 Å². The van der Waals surface area contributed by atoms with E-state index >= 15 is 0 Å². The van der Waals surface area contributed by atoms with Crippen LogP contribution in [0.2, 0.25) is 0 Å². The van der Waals surface area contributed by atoms with Crippen LogP contribution in [0.4, 0.5) is 5.69 Å². The normalized spacial score (nSPS) is 20.8. The Hall–Kier alpha value is -1.86. The SMILES string of the molecule is CC1CCN(C(C)C(=O)Nc2ccc(C#N)cc2)C1. The van der Waals surface area contributed by atoms with Gasteiger partial charge in [-0.05, 0) is 50.1 Å². The van der Waals surface area contributed by atoms with Crippen LogP contribution in [-0.4, -0.2) is 29.9 Å². The molecule has 2 rings (SSSR count). The van der Waals surface area contributed by atoms with Crippen LogP contribution >= 0.6 is 0 Å². The first kappa shape index (κ1) is 13.6. The lowest BCUT2D eigenvalue weighted by Gasteiger charge is -2.23. The van der Waals surface area contributed by atoms with E-state index in [9.17, 15) is 4.79 Å². The number of likely N-dealkylation sites (tertiary alicyclic amines) is 1. The third-order valence-corrected chi connectivity index (χ3v) is 3.66. The van der Waals surface area contributed by atoms with Gasteiger partial charge >= 0.3 is 0 Å². The highest BCUT2D eigenvalue weighted by Gasteiger charge is 2.27. The monoisotopic (exact) mass is 257 g/mol. The summed E-state index contributed by atoms with van der Waals surface area (Å²) in [5.74, 6) is 0.684. The van der Waals surface area contributed by atoms with Gasteiger partial charge in [-0.15, -0.1) is 0 Å². The van der Waals surface area contributed by atoms with Crippen LogP contribution in [0.15, 0.2) is 24.3 Å². The average Bonchev–Trinajstić information content (AvgIpc) is 2.85. The zero-order valence-electron chi connectivity index (χ0n) is 11.4. The quantitative estimate of drug-likeness (QED) is 0.903. The molecule has 0 bridgehead atoms. The first-order chi connectivity index (χ1) is 9.10. The Morgan fingerprint density at radius 2 is 2.16 bits per heavy atom. The Labute approximate surface area is 114 Å². The zero-order valence-corrected chi connectivity index (χ0v) is 11.4. The third kappa shape index (κ3) is 3.33. The van der Waals surface area contributed by atoms with Crippen molar-refractivity contribution in [1.29, 1.82) is 5.26 Å². The molecule has 1 saturated heterocycles. The maximum atomic E-state index is 12.1. The Bertz CT molecular complexity index is 489. The fourth-order valence-electron chi connectivity index (χ4n) is 2.36. The summed E-state index contributed by atoms with van der Waals surface area (Å²) >= 11 is 0. The molecule has 100 valence electrons. The molecule has 1 aromatic carbocycles. The molecule has 4 nitrogen and oxygen atoms in total. The van der Waals surface area contributed by atoms with E-state index in [-0.39, 0.29) is 11.9 Å². The van der Waals surface area contributed by atoms with Gasteiger partial charge in [-0.25, -0.2) is 0 Å². The highest BCUT2D eigenvalue weighted by atomic mass is 16.2. The Morgan fingerprint density at radius 3 is 2.68 bits per heavy atom. The van der Waals surface area contributed by atoms with Crippen LogP contribution in [0.25, 0.3) is 0 Å². The lowest BCUT2D eigenvalue weighted by atomic mass is 10.2. The van der Waals surface area contributed by atoms with Crippen molar-refractivity contribution in [3.8, 4) is 6.07 Å². The minimum absolute atomic E-state index is 0.0128. The summed E-state index contributed by atoms with van der Waals surface area (Å²) < 4.78 is 0. The molecule has 0 spiro atoms. The summed E-state index contributed by atoms with van der Waals surface area (Å²) in [4.78, 5) is 14.4. The second-order valence-corrected chi connectivity index (χ2v) is 5.24. The van der Waals surface area contributed by atoms with Gasteiger partial charge in [-0.3, -0.25) is 9.69 Å². The second-order valence-electron chi connectivity index (χ2n) is 5.24. The van der Waals surface area contributed by atoms with Crippen molar-refractivity contribution < 1.29 is 4.79 Å². The van der Waals surface area contributed by atoms with E-state index in [1.165, 1.54) is 0 Å². The maximum Gasteiger partial charge on any atom is 0.241 e. The van der Waals surface area contributed by atoms with Crippen molar-refractivity contribution in [2.75, 3.05) is 18.4 Å². The summed E-state index contributed by atoms with van der Waals surface area (Å²) in [7, 11) is 0. The fourth-order valence-corrected chi connectivity index (χ4v) is 2.36. The molecule has 1 amide bonds. The van der Waals surface area contributed by atoms with E-state index < -0.39 is 0 Å². The highest BCUT2D eigenvalue weighted by Crippen LogP contribution is 2.18. The van der Waals surface area contributed by atoms with E-state index in [0.29, 0.717) is 11.5 Å². The van der Waals surface area contributed by atoms with Crippen molar-refractivity contribution in [1.82, 2.24) is 4.90 Å². The summed E-state index contributed by atoms with van der Waals surface area (Å²) in [5, 5.41) is 11.6. The molecule has 2 unspecified atom stereocenters. The number of carbonyl (C=O) groups excluding carboxylic acids is 1. The van der Waals surface area contributed by atoms with Crippen molar-refractivity contribution in [3.63, 3.8) is 0 Å². The number of rotatable bonds is 3. The number of anilines is 1. The first-order valence-electron chi connectivity index (χ1n) is 6.65. The third-order valence-electron chi connectivity index (χ3n) is 3.66. The Morgan fingerprint density at radius 1 is 1.47 bits per heavy atom. The van der Waals surface area contributed by atoms with Crippen LogP contribution in [-0.2, 0) is 4.79 Å². The van der Waals surface area contributed by atoms with Gasteiger partial charge in [-0.2, -0.15) is 5.26 Å². The summed E-state index contributed by atoms with van der Waals surface area (Å²) in [5.41, 5.74) is 1.34. The molecule has 1 heterocycles. The molecule has 19 heavy (non-hydrogen) atoms. The number of nitrogens with one attached hydrogen (secondary N) is 1. The first-order valence-corrected chi connectivity index (χ1v) is 6.65. The fraction of sp³-hybridized carbons (Fsp3) is 0.467. The van der Waals surface area contributed by atoms with Gasteiger partial charge in [0.1, 0.15) is 0 Å². The van der Waals surface area contributed by atoms with Crippen molar-refractivity contribution in [2.24, 2.45) is 5.92 Å². The molecule has 4 heteroatoms. The number of hydrogen-bond acceptors (Lipinski definition) is 3. The van der Waals surface area contributed by atoms with E-state index in [2.05, 4.69) is 23.2 Å². The lowest BCUT2D eigenvalue weighted by Crippen LogP contribution is -2.40. The molecular weight excluding hydrogens is 238 g/mol. The van der Waals surface area contributed by atoms with Crippen molar-refractivity contribution in [2.45, 2.75) is 26.3 Å². The van der Waals surface area contributed by atoms with Gasteiger partial charge in [0, 0.05) is 12.2 Å². The van der Waals surface area contributed by atoms with Crippen LogP contribution in [0, 0.1) is 17.2 Å². The molecule has 1 fully saturated rings. The van der Waals surface area contributed by atoms with Gasteiger partial charge < -0.3 is 5.32 Å². The maximum absolute atomic E-state index is 12.1. The van der Waals surface area contributed by atoms with Gasteiger partial charge in [0.05, 0.1) is 17.7 Å². The number of nitrogens with zero attached hydrogens (tertiary/aromatic N) is 2. The van der Waals surface area contributed by atoms with Crippen LogP contribution in [0.3, 0.4) is 0 Å². The molecule has 1 N–H and O–H groups in total. The zero-order chi connectivity index (χ0) is 13.8. The summed E-state index contributed by atoms with van der Waals surface area (Å²) in [6.07, 6.45) is 1.16. The topological polar surface area (TPSA) is 56.1 Å². The van der Waals surface area contributed by atoms with E-state index in [0.717, 1.165) is 25.2 Å². The van der Waals surface area contributed by atoms with Crippen LogP contribution < -0.4 is 5.32 Å². The smallest absolute Gasteiger partial charge is 0.241 e. The predicted molar refractivity (Wildman–Crippen MR) is 74.6 cm³/mol. The van der Waals surface area contributed by atoms with Gasteiger partial charge in [-0.1, -0.05) is 6.92 Å². The average molecular weight is 257 g/mol. The molecule has 0 aliphatic carbocycles. The van der Waals surface area contributed by atoms with Gasteiger partial charge in [0.15, 0.2) is 0 Å². The molecule has 0 aromatic heterocycles. The molecule has 0 saturated carbocycles. The second kappa shape index (κ2) is 5.85.